The number of anilines is 2. The number of nitrogens with zero attached hydrogens (tertiary/aromatic N) is 1. The maximum absolute atomic E-state index is 12.1. The molecule has 0 bridgehead atoms. The number of piperidine rings is 1. The Bertz CT molecular complexity index is 491. The molecule has 120 valence electrons. The van der Waals surface area contributed by atoms with Gasteiger partial charge in [-0.1, -0.05) is 25.3 Å². The molecule has 1 saturated carbocycles. The molecule has 1 aliphatic heterocycles. The van der Waals surface area contributed by atoms with Gasteiger partial charge >= 0.3 is 6.03 Å². The molecule has 2 aliphatic rings. The van der Waals surface area contributed by atoms with E-state index in [4.69, 9.17) is 0 Å². The number of hydrogen-bond donors (Lipinski definition) is 2. The molecule has 0 unspecified atom stereocenters. The summed E-state index contributed by atoms with van der Waals surface area (Å²) in [5.41, 5.74) is 2.10. The second-order valence-corrected chi connectivity index (χ2v) is 6.53. The van der Waals surface area contributed by atoms with Crippen LogP contribution in [0, 0.1) is 0 Å². The highest BCUT2D eigenvalue weighted by molar-refractivity contribution is 5.90. The third-order valence-electron chi connectivity index (χ3n) is 4.77. The third kappa shape index (κ3) is 4.15. The lowest BCUT2D eigenvalue weighted by atomic mass is 9.96. The van der Waals surface area contributed by atoms with Crippen molar-refractivity contribution in [2.24, 2.45) is 0 Å². The summed E-state index contributed by atoms with van der Waals surface area (Å²) in [5.74, 6) is 0. The molecule has 0 aromatic heterocycles. The van der Waals surface area contributed by atoms with Crippen LogP contribution in [-0.2, 0) is 0 Å². The number of nitrogens with one attached hydrogen (secondary N) is 2. The van der Waals surface area contributed by atoms with Gasteiger partial charge in [0.2, 0.25) is 0 Å². The second-order valence-electron chi connectivity index (χ2n) is 6.53. The summed E-state index contributed by atoms with van der Waals surface area (Å²) in [6, 6.07) is 8.50. The lowest BCUT2D eigenvalue weighted by molar-refractivity contribution is 0.244. The van der Waals surface area contributed by atoms with Gasteiger partial charge in [-0.05, 0) is 50.3 Å². The Balaban J connectivity index is 1.56. The first kappa shape index (κ1) is 15.2. The van der Waals surface area contributed by atoms with E-state index in [1.165, 1.54) is 44.2 Å². The first-order valence-electron chi connectivity index (χ1n) is 8.74. The molecule has 3 rings (SSSR count). The Morgan fingerprint density at radius 2 is 1.73 bits per heavy atom. The Hall–Kier alpha value is -1.71. The number of carbonyl (C=O) groups is 1. The molecule has 1 aromatic rings. The standard InChI is InChI=1S/C18H27N3O/c22-18(19-15-8-3-1-4-9-15)20-16-10-7-11-17(14-16)21-12-5-2-6-13-21/h7,10-11,14-15H,1-6,8-9,12-13H2,(H2,19,20,22). The maximum atomic E-state index is 12.1. The predicted molar refractivity (Wildman–Crippen MR) is 91.5 cm³/mol. The number of hydrogen-bond acceptors (Lipinski definition) is 2. The molecule has 2 N–H and O–H groups in total. The molecule has 1 aromatic carbocycles. The number of rotatable bonds is 3. The molecule has 1 saturated heterocycles. The number of amides is 2. The van der Waals surface area contributed by atoms with E-state index < -0.39 is 0 Å². The van der Waals surface area contributed by atoms with Crippen molar-refractivity contribution in [2.45, 2.75) is 57.4 Å². The van der Waals surface area contributed by atoms with Crippen LogP contribution >= 0.6 is 0 Å². The van der Waals surface area contributed by atoms with Crippen molar-refractivity contribution in [1.29, 1.82) is 0 Å². The summed E-state index contributed by atoms with van der Waals surface area (Å²) in [6.45, 7) is 2.25. The average Bonchev–Trinajstić information content (AvgIpc) is 2.57. The van der Waals surface area contributed by atoms with Crippen molar-refractivity contribution in [1.82, 2.24) is 5.32 Å². The molecule has 0 radical (unpaired) electrons. The van der Waals surface area contributed by atoms with Gasteiger partial charge in [0.05, 0.1) is 0 Å². The van der Waals surface area contributed by atoms with E-state index in [0.29, 0.717) is 6.04 Å². The van der Waals surface area contributed by atoms with Crippen LogP contribution in [0.5, 0.6) is 0 Å². The van der Waals surface area contributed by atoms with Crippen molar-refractivity contribution in [3.8, 4) is 0 Å². The van der Waals surface area contributed by atoms with Crippen molar-refractivity contribution in [3.05, 3.63) is 24.3 Å². The minimum absolute atomic E-state index is 0.0669. The molecule has 22 heavy (non-hydrogen) atoms. The van der Waals surface area contributed by atoms with Gasteiger partial charge in [0.25, 0.3) is 0 Å². The van der Waals surface area contributed by atoms with Crippen molar-refractivity contribution in [2.75, 3.05) is 23.3 Å². The largest absolute Gasteiger partial charge is 0.371 e. The van der Waals surface area contributed by atoms with E-state index in [-0.39, 0.29) is 6.03 Å². The summed E-state index contributed by atoms with van der Waals surface area (Å²) in [6.07, 6.45) is 9.85. The van der Waals surface area contributed by atoms with Crippen LogP contribution in [0.2, 0.25) is 0 Å². The SMILES string of the molecule is O=C(Nc1cccc(N2CCCCC2)c1)NC1CCCCC1. The molecule has 4 nitrogen and oxygen atoms in total. The van der Waals surface area contributed by atoms with Crippen LogP contribution in [0.15, 0.2) is 24.3 Å². The van der Waals surface area contributed by atoms with Crippen LogP contribution < -0.4 is 15.5 Å². The monoisotopic (exact) mass is 301 g/mol. The van der Waals surface area contributed by atoms with Crippen LogP contribution in [0.25, 0.3) is 0 Å². The van der Waals surface area contributed by atoms with Crippen LogP contribution in [0.4, 0.5) is 16.2 Å². The Morgan fingerprint density at radius 3 is 2.50 bits per heavy atom. The van der Waals surface area contributed by atoms with Gasteiger partial charge in [-0.3, -0.25) is 0 Å². The van der Waals surface area contributed by atoms with E-state index in [0.717, 1.165) is 31.6 Å². The second kappa shape index (κ2) is 7.52. The molecular weight excluding hydrogens is 274 g/mol. The Kier molecular flexibility index (Phi) is 5.20. The van der Waals surface area contributed by atoms with E-state index in [1.807, 2.05) is 12.1 Å². The molecule has 1 heterocycles. The molecular formula is C18H27N3O. The summed E-state index contributed by atoms with van der Waals surface area (Å²) in [5, 5.41) is 6.09. The van der Waals surface area contributed by atoms with E-state index in [9.17, 15) is 4.79 Å². The fourth-order valence-electron chi connectivity index (χ4n) is 3.53. The highest BCUT2D eigenvalue weighted by Crippen LogP contribution is 2.23. The zero-order valence-corrected chi connectivity index (χ0v) is 13.3. The zero-order chi connectivity index (χ0) is 15.2. The summed E-state index contributed by atoms with van der Waals surface area (Å²) in [4.78, 5) is 14.5. The van der Waals surface area contributed by atoms with Crippen molar-refractivity contribution < 1.29 is 4.79 Å². The summed E-state index contributed by atoms with van der Waals surface area (Å²) >= 11 is 0. The van der Waals surface area contributed by atoms with Crippen LogP contribution in [0.1, 0.15) is 51.4 Å². The molecule has 0 spiro atoms. The first-order valence-corrected chi connectivity index (χ1v) is 8.74. The molecule has 1 aliphatic carbocycles. The van der Waals surface area contributed by atoms with Gasteiger partial charge in [-0.25, -0.2) is 4.79 Å². The summed E-state index contributed by atoms with van der Waals surface area (Å²) < 4.78 is 0. The van der Waals surface area contributed by atoms with Gasteiger partial charge in [0, 0.05) is 30.5 Å². The van der Waals surface area contributed by atoms with Gasteiger partial charge < -0.3 is 15.5 Å². The van der Waals surface area contributed by atoms with E-state index >= 15 is 0 Å². The summed E-state index contributed by atoms with van der Waals surface area (Å²) in [7, 11) is 0. The van der Waals surface area contributed by atoms with Gasteiger partial charge in [-0.2, -0.15) is 0 Å². The first-order chi connectivity index (χ1) is 10.8. The quantitative estimate of drug-likeness (QED) is 0.881. The fraction of sp³-hybridized carbons (Fsp3) is 0.611. The minimum Gasteiger partial charge on any atom is -0.371 e. The Morgan fingerprint density at radius 1 is 1.00 bits per heavy atom. The fourth-order valence-corrected chi connectivity index (χ4v) is 3.53. The minimum atomic E-state index is -0.0669. The van der Waals surface area contributed by atoms with Gasteiger partial charge in [0.15, 0.2) is 0 Å². The van der Waals surface area contributed by atoms with E-state index in [2.05, 4.69) is 27.7 Å². The zero-order valence-electron chi connectivity index (χ0n) is 13.3. The topological polar surface area (TPSA) is 44.4 Å². The van der Waals surface area contributed by atoms with Crippen molar-refractivity contribution in [3.63, 3.8) is 0 Å². The highest BCUT2D eigenvalue weighted by Gasteiger charge is 2.16. The van der Waals surface area contributed by atoms with Crippen LogP contribution in [0.3, 0.4) is 0 Å². The van der Waals surface area contributed by atoms with Crippen molar-refractivity contribution >= 4 is 17.4 Å². The smallest absolute Gasteiger partial charge is 0.319 e. The van der Waals surface area contributed by atoms with Gasteiger partial charge in [0.1, 0.15) is 0 Å². The lowest BCUT2D eigenvalue weighted by Gasteiger charge is -2.29. The predicted octanol–water partition coefficient (Wildman–Crippen LogP) is 4.13. The molecule has 4 heteroatoms. The number of benzene rings is 1. The van der Waals surface area contributed by atoms with E-state index in [1.54, 1.807) is 0 Å². The molecule has 2 fully saturated rings. The van der Waals surface area contributed by atoms with Crippen LogP contribution in [-0.4, -0.2) is 25.2 Å². The number of carbonyl (C=O) groups excluding carboxylic acids is 1. The third-order valence-corrected chi connectivity index (χ3v) is 4.77. The number of urea groups is 1. The highest BCUT2D eigenvalue weighted by atomic mass is 16.2. The normalized spacial score (nSPS) is 19.7. The average molecular weight is 301 g/mol. The molecule has 2 amide bonds. The maximum Gasteiger partial charge on any atom is 0.319 e. The molecule has 0 atom stereocenters. The van der Waals surface area contributed by atoms with Gasteiger partial charge in [-0.15, -0.1) is 0 Å². The Labute approximate surface area is 133 Å². The lowest BCUT2D eigenvalue weighted by Crippen LogP contribution is -2.39.